The van der Waals surface area contributed by atoms with Crippen LogP contribution in [-0.4, -0.2) is 50.9 Å². The van der Waals surface area contributed by atoms with Gasteiger partial charge in [0.05, 0.1) is 5.52 Å². The molecule has 3 aromatic rings. The molecule has 194 valence electrons. The van der Waals surface area contributed by atoms with Gasteiger partial charge in [0.1, 0.15) is 10.7 Å². The number of sulfonamides is 1. The van der Waals surface area contributed by atoms with E-state index in [0.29, 0.717) is 31.6 Å². The van der Waals surface area contributed by atoms with E-state index in [1.807, 2.05) is 43.3 Å². The van der Waals surface area contributed by atoms with Crippen molar-refractivity contribution in [2.24, 2.45) is 0 Å². The highest BCUT2D eigenvalue weighted by Crippen LogP contribution is 2.33. The maximum absolute atomic E-state index is 12.9. The summed E-state index contributed by atoms with van der Waals surface area (Å²) in [5, 5.41) is 4.29. The Kier molecular flexibility index (Phi) is 7.62. The molecular formula is C23H25BrF3N5O3S. The minimum Gasteiger partial charge on any atom is -0.404 e. The Morgan fingerprint density at radius 1 is 1.03 bits per heavy atom. The second-order valence-electron chi connectivity index (χ2n) is 8.74. The lowest BCUT2D eigenvalue weighted by molar-refractivity contribution is -0.275. The third-order valence-corrected chi connectivity index (χ3v) is 7.86. The number of hydrogen-bond acceptors (Lipinski definition) is 7. The van der Waals surface area contributed by atoms with Crippen molar-refractivity contribution in [1.82, 2.24) is 14.7 Å². The minimum atomic E-state index is -5.02. The van der Waals surface area contributed by atoms with Gasteiger partial charge in [-0.3, -0.25) is 0 Å². The van der Waals surface area contributed by atoms with Gasteiger partial charge in [-0.05, 0) is 56.0 Å². The number of benzene rings is 2. The summed E-state index contributed by atoms with van der Waals surface area (Å²) in [5.41, 5.74) is 0.812. The van der Waals surface area contributed by atoms with Gasteiger partial charge in [0.25, 0.3) is 0 Å². The molecule has 0 unspecified atom stereocenters. The van der Waals surface area contributed by atoms with Crippen molar-refractivity contribution in [3.8, 4) is 5.75 Å². The van der Waals surface area contributed by atoms with Crippen LogP contribution in [-0.2, 0) is 10.0 Å². The van der Waals surface area contributed by atoms with Crippen LogP contribution in [0.15, 0.2) is 51.8 Å². The highest BCUT2D eigenvalue weighted by atomic mass is 79.9. The number of fused-ring (bicyclic) bond motifs is 1. The van der Waals surface area contributed by atoms with Gasteiger partial charge in [-0.1, -0.05) is 28.1 Å². The lowest BCUT2D eigenvalue weighted by atomic mass is 9.92. The number of ether oxygens (including phenoxy) is 1. The van der Waals surface area contributed by atoms with Gasteiger partial charge in [-0.2, -0.15) is 4.98 Å². The summed E-state index contributed by atoms with van der Waals surface area (Å²) >= 11 is 3.05. The van der Waals surface area contributed by atoms with Crippen LogP contribution in [0.4, 0.5) is 24.9 Å². The fourth-order valence-electron chi connectivity index (χ4n) is 4.19. The molecule has 1 fully saturated rings. The van der Waals surface area contributed by atoms with Gasteiger partial charge in [-0.15, -0.1) is 13.2 Å². The molecule has 0 bridgehead atoms. The first-order valence-corrected chi connectivity index (χ1v) is 13.5. The van der Waals surface area contributed by atoms with Crippen LogP contribution in [0.5, 0.6) is 5.75 Å². The summed E-state index contributed by atoms with van der Waals surface area (Å²) in [5.74, 6) is 0.492. The molecule has 0 amide bonds. The Labute approximate surface area is 215 Å². The second-order valence-corrected chi connectivity index (χ2v) is 11.3. The van der Waals surface area contributed by atoms with E-state index in [1.165, 1.54) is 6.07 Å². The van der Waals surface area contributed by atoms with Gasteiger partial charge in [0.2, 0.25) is 16.0 Å². The maximum atomic E-state index is 12.9. The Bertz CT molecular complexity index is 1350. The molecule has 1 heterocycles. The van der Waals surface area contributed by atoms with E-state index in [4.69, 9.17) is 0 Å². The molecule has 0 spiro atoms. The van der Waals surface area contributed by atoms with E-state index in [1.54, 1.807) is 0 Å². The summed E-state index contributed by atoms with van der Waals surface area (Å²) in [6, 6.07) is 10.7. The molecule has 1 aromatic heterocycles. The third kappa shape index (κ3) is 6.37. The standard InChI is InChI=1S/C23H25BrF3N5O3S/c1-32(2)21-17-5-3-4-6-18(17)29-22(30-21)28-15-8-10-16(11-9-15)31-36(33,34)20-12-7-14(24)13-19(20)35-23(25,26)27/h3-7,12-13,15-16,31H,8-11H2,1-2H3,(H,28,29,30)/t15-,16-. The number of rotatable bonds is 7. The lowest BCUT2D eigenvalue weighted by Gasteiger charge is -2.30. The van der Waals surface area contributed by atoms with Crippen LogP contribution in [0.25, 0.3) is 10.9 Å². The van der Waals surface area contributed by atoms with Crippen molar-refractivity contribution in [2.45, 2.75) is 49.0 Å². The average molecular weight is 588 g/mol. The molecule has 8 nitrogen and oxygen atoms in total. The van der Waals surface area contributed by atoms with Gasteiger partial charge < -0.3 is 15.0 Å². The first-order chi connectivity index (χ1) is 16.9. The predicted molar refractivity (Wildman–Crippen MR) is 135 cm³/mol. The third-order valence-electron chi connectivity index (χ3n) is 5.81. The summed E-state index contributed by atoms with van der Waals surface area (Å²) < 4.78 is 71.0. The van der Waals surface area contributed by atoms with Crippen LogP contribution in [0.2, 0.25) is 0 Å². The Morgan fingerprint density at radius 3 is 2.36 bits per heavy atom. The van der Waals surface area contributed by atoms with E-state index < -0.39 is 33.1 Å². The maximum Gasteiger partial charge on any atom is 0.573 e. The van der Waals surface area contributed by atoms with E-state index in [9.17, 15) is 21.6 Å². The fraction of sp³-hybridized carbons (Fsp3) is 0.391. The van der Waals surface area contributed by atoms with Crippen molar-refractivity contribution in [1.29, 1.82) is 0 Å². The molecule has 36 heavy (non-hydrogen) atoms. The summed E-state index contributed by atoms with van der Waals surface area (Å²) in [6.07, 6.45) is -2.76. The van der Waals surface area contributed by atoms with Crippen molar-refractivity contribution in [2.75, 3.05) is 24.3 Å². The highest BCUT2D eigenvalue weighted by molar-refractivity contribution is 9.10. The number of nitrogens with zero attached hydrogens (tertiary/aromatic N) is 3. The van der Waals surface area contributed by atoms with Crippen molar-refractivity contribution in [3.05, 3.63) is 46.9 Å². The zero-order chi connectivity index (χ0) is 26.1. The van der Waals surface area contributed by atoms with Gasteiger partial charge in [0, 0.05) is 36.0 Å². The molecule has 1 saturated carbocycles. The smallest absolute Gasteiger partial charge is 0.404 e. The van der Waals surface area contributed by atoms with Gasteiger partial charge in [-0.25, -0.2) is 18.1 Å². The van der Waals surface area contributed by atoms with Crippen LogP contribution in [0.3, 0.4) is 0 Å². The van der Waals surface area contributed by atoms with E-state index in [0.717, 1.165) is 28.9 Å². The van der Waals surface area contributed by atoms with Crippen molar-refractivity contribution in [3.63, 3.8) is 0 Å². The zero-order valence-electron chi connectivity index (χ0n) is 19.5. The van der Waals surface area contributed by atoms with Crippen LogP contribution in [0.1, 0.15) is 25.7 Å². The lowest BCUT2D eigenvalue weighted by Crippen LogP contribution is -2.40. The van der Waals surface area contributed by atoms with Gasteiger partial charge in [0.15, 0.2) is 5.75 Å². The number of para-hydroxylation sites is 1. The molecule has 4 rings (SSSR count). The van der Waals surface area contributed by atoms with E-state index >= 15 is 0 Å². The SMILES string of the molecule is CN(C)c1nc(N[C@H]2CC[C@H](NS(=O)(=O)c3ccc(Br)cc3OC(F)(F)F)CC2)nc2ccccc12. The molecule has 0 saturated heterocycles. The second kappa shape index (κ2) is 10.4. The normalized spacial score (nSPS) is 18.7. The van der Waals surface area contributed by atoms with Crippen molar-refractivity contribution >= 4 is 48.6 Å². The molecule has 2 N–H and O–H groups in total. The first-order valence-electron chi connectivity index (χ1n) is 11.2. The molecule has 0 aliphatic heterocycles. The largest absolute Gasteiger partial charge is 0.573 e. The van der Waals surface area contributed by atoms with Crippen LogP contribution >= 0.6 is 15.9 Å². The Morgan fingerprint density at radius 2 is 1.69 bits per heavy atom. The first kappa shape index (κ1) is 26.4. The summed E-state index contributed by atoms with van der Waals surface area (Å²) in [7, 11) is -0.424. The van der Waals surface area contributed by atoms with E-state index in [2.05, 4.69) is 40.7 Å². The number of halogens is 4. The van der Waals surface area contributed by atoms with Crippen LogP contribution < -0.4 is 19.7 Å². The molecule has 2 aromatic carbocycles. The summed E-state index contributed by atoms with van der Waals surface area (Å²) in [6.45, 7) is 0. The predicted octanol–water partition coefficient (Wildman–Crippen LogP) is 5.06. The number of nitrogens with one attached hydrogen (secondary N) is 2. The Balaban J connectivity index is 1.43. The molecule has 1 aliphatic rings. The number of anilines is 2. The molecule has 0 radical (unpaired) electrons. The molecular weight excluding hydrogens is 563 g/mol. The quantitative estimate of drug-likeness (QED) is 0.399. The topological polar surface area (TPSA) is 96.5 Å². The van der Waals surface area contributed by atoms with E-state index in [-0.39, 0.29) is 10.5 Å². The number of alkyl halides is 3. The fourth-order valence-corrected chi connectivity index (χ4v) is 5.95. The van der Waals surface area contributed by atoms with Crippen molar-refractivity contribution < 1.29 is 26.3 Å². The van der Waals surface area contributed by atoms with Crippen LogP contribution in [0, 0.1) is 0 Å². The number of aromatic nitrogens is 2. The zero-order valence-corrected chi connectivity index (χ0v) is 21.9. The van der Waals surface area contributed by atoms with Gasteiger partial charge >= 0.3 is 6.36 Å². The summed E-state index contributed by atoms with van der Waals surface area (Å²) in [4.78, 5) is 10.6. The molecule has 0 atom stereocenters. The monoisotopic (exact) mass is 587 g/mol. The number of hydrogen-bond donors (Lipinski definition) is 2. The average Bonchev–Trinajstić information content (AvgIpc) is 2.78. The molecule has 13 heteroatoms. The minimum absolute atomic E-state index is 0.0266. The highest BCUT2D eigenvalue weighted by Gasteiger charge is 2.35. The Hall–Kier alpha value is -2.64. The molecule has 1 aliphatic carbocycles.